The van der Waals surface area contributed by atoms with Crippen LogP contribution in [0.2, 0.25) is 0 Å². The van der Waals surface area contributed by atoms with Gasteiger partial charge in [-0.3, -0.25) is 0 Å². The Bertz CT molecular complexity index is 716. The Morgan fingerprint density at radius 1 is 1.50 bits per heavy atom. The summed E-state index contributed by atoms with van der Waals surface area (Å²) in [6, 6.07) is 7.97. The molecule has 1 aliphatic carbocycles. The van der Waals surface area contributed by atoms with Crippen molar-refractivity contribution in [3.63, 3.8) is 0 Å². The number of aliphatic hydroxyl groups is 1. The highest BCUT2D eigenvalue weighted by Crippen LogP contribution is 2.35. The molecule has 0 unspecified atom stereocenters. The fourth-order valence-corrected chi connectivity index (χ4v) is 4.07. The fraction of sp³-hybridized carbons (Fsp3) is 0.444. The fourth-order valence-electron chi connectivity index (χ4n) is 3.27. The Labute approximate surface area is 146 Å². The monoisotopic (exact) mass is 345 g/mol. The van der Waals surface area contributed by atoms with E-state index in [2.05, 4.69) is 22.4 Å². The molecule has 5 nitrogen and oxygen atoms in total. The van der Waals surface area contributed by atoms with Crippen molar-refractivity contribution in [2.45, 2.75) is 38.8 Å². The summed E-state index contributed by atoms with van der Waals surface area (Å²) in [6.45, 7) is 4.17. The van der Waals surface area contributed by atoms with Gasteiger partial charge >= 0.3 is 6.03 Å². The van der Waals surface area contributed by atoms with E-state index in [1.807, 2.05) is 31.4 Å². The van der Waals surface area contributed by atoms with Gasteiger partial charge in [0.05, 0.1) is 18.7 Å². The summed E-state index contributed by atoms with van der Waals surface area (Å²) in [7, 11) is 0. The van der Waals surface area contributed by atoms with Gasteiger partial charge in [0, 0.05) is 17.6 Å². The molecule has 2 amide bonds. The summed E-state index contributed by atoms with van der Waals surface area (Å²) >= 11 is 1.55. The number of nitrogens with zero attached hydrogens (tertiary/aromatic N) is 2. The van der Waals surface area contributed by atoms with Crippen LogP contribution in [0.5, 0.6) is 0 Å². The molecule has 0 aliphatic heterocycles. The summed E-state index contributed by atoms with van der Waals surface area (Å²) < 4.78 is 0. The number of urea groups is 1. The topological polar surface area (TPSA) is 65.5 Å². The van der Waals surface area contributed by atoms with Crippen LogP contribution in [0.4, 0.5) is 4.79 Å². The third-order valence-corrected chi connectivity index (χ3v) is 5.57. The third-order valence-electron chi connectivity index (χ3n) is 4.43. The predicted molar refractivity (Wildman–Crippen MR) is 95.1 cm³/mol. The number of amides is 2. The van der Waals surface area contributed by atoms with E-state index < -0.39 is 0 Å². The van der Waals surface area contributed by atoms with Crippen molar-refractivity contribution in [2.24, 2.45) is 0 Å². The number of nitrogens with one attached hydrogen (secondary N) is 1. The van der Waals surface area contributed by atoms with Crippen molar-refractivity contribution in [1.29, 1.82) is 0 Å². The van der Waals surface area contributed by atoms with Gasteiger partial charge in [0.15, 0.2) is 0 Å². The molecule has 24 heavy (non-hydrogen) atoms. The van der Waals surface area contributed by atoms with Gasteiger partial charge in [-0.1, -0.05) is 24.3 Å². The summed E-state index contributed by atoms with van der Waals surface area (Å²) in [5.41, 5.74) is 3.45. The van der Waals surface area contributed by atoms with E-state index in [0.717, 1.165) is 23.5 Å². The minimum absolute atomic E-state index is 0.0265. The highest BCUT2D eigenvalue weighted by molar-refractivity contribution is 7.09. The second kappa shape index (κ2) is 7.32. The third kappa shape index (κ3) is 3.44. The number of thiazole rings is 1. The lowest BCUT2D eigenvalue weighted by molar-refractivity contribution is 0.149. The zero-order valence-corrected chi connectivity index (χ0v) is 14.8. The van der Waals surface area contributed by atoms with E-state index in [-0.39, 0.29) is 24.7 Å². The first-order chi connectivity index (χ1) is 11.6. The van der Waals surface area contributed by atoms with Gasteiger partial charge < -0.3 is 15.3 Å². The quantitative estimate of drug-likeness (QED) is 0.874. The molecule has 6 heteroatoms. The van der Waals surface area contributed by atoms with Gasteiger partial charge in [-0.05, 0) is 37.8 Å². The summed E-state index contributed by atoms with van der Waals surface area (Å²) in [5.74, 6) is 0. The first-order valence-corrected chi connectivity index (χ1v) is 9.16. The van der Waals surface area contributed by atoms with Crippen LogP contribution in [-0.4, -0.2) is 34.2 Å². The lowest BCUT2D eigenvalue weighted by Crippen LogP contribution is -2.44. The molecule has 0 spiro atoms. The van der Waals surface area contributed by atoms with Crippen LogP contribution in [0, 0.1) is 6.92 Å². The minimum atomic E-state index is -0.147. The minimum Gasteiger partial charge on any atom is -0.395 e. The van der Waals surface area contributed by atoms with E-state index >= 15 is 0 Å². The van der Waals surface area contributed by atoms with Crippen LogP contribution >= 0.6 is 11.3 Å². The Hall–Kier alpha value is -1.92. The Morgan fingerprint density at radius 2 is 2.29 bits per heavy atom. The average Bonchev–Trinajstić information content (AvgIpc) is 3.19. The predicted octanol–water partition coefficient (Wildman–Crippen LogP) is 3.20. The van der Waals surface area contributed by atoms with Crippen LogP contribution in [0.3, 0.4) is 0 Å². The van der Waals surface area contributed by atoms with Gasteiger partial charge in [0.2, 0.25) is 0 Å². The first-order valence-electron chi connectivity index (χ1n) is 8.28. The van der Waals surface area contributed by atoms with Crippen LogP contribution in [0.1, 0.15) is 47.3 Å². The largest absolute Gasteiger partial charge is 0.395 e. The number of carbonyl (C=O) groups is 1. The molecule has 1 aromatic carbocycles. The second-order valence-corrected chi connectivity index (χ2v) is 7.06. The van der Waals surface area contributed by atoms with Crippen molar-refractivity contribution in [2.75, 3.05) is 13.2 Å². The molecule has 0 radical (unpaired) electrons. The van der Waals surface area contributed by atoms with Crippen LogP contribution in [0.15, 0.2) is 29.6 Å². The van der Waals surface area contributed by atoms with Gasteiger partial charge in [-0.2, -0.15) is 0 Å². The van der Waals surface area contributed by atoms with E-state index in [0.29, 0.717) is 6.54 Å². The number of rotatable bonds is 5. The van der Waals surface area contributed by atoms with Crippen molar-refractivity contribution in [3.8, 4) is 0 Å². The molecule has 2 atom stereocenters. The lowest BCUT2D eigenvalue weighted by atomic mass is 10.1. The number of benzene rings is 1. The molecule has 2 aromatic rings. The van der Waals surface area contributed by atoms with Gasteiger partial charge in [-0.25, -0.2) is 9.78 Å². The van der Waals surface area contributed by atoms with Crippen LogP contribution in [-0.2, 0) is 6.42 Å². The molecule has 1 heterocycles. The van der Waals surface area contributed by atoms with Crippen molar-refractivity contribution in [3.05, 3.63) is 51.5 Å². The smallest absolute Gasteiger partial charge is 0.318 e. The summed E-state index contributed by atoms with van der Waals surface area (Å²) in [5, 5.41) is 15.3. The molecular weight excluding hydrogens is 322 g/mol. The molecule has 2 N–H and O–H groups in total. The molecule has 3 rings (SSSR count). The van der Waals surface area contributed by atoms with Crippen LogP contribution < -0.4 is 5.32 Å². The number of carbonyl (C=O) groups excluding carboxylic acids is 1. The molecule has 0 bridgehead atoms. The number of fused-ring (bicyclic) bond motifs is 1. The first kappa shape index (κ1) is 16.9. The Morgan fingerprint density at radius 3 is 3.00 bits per heavy atom. The van der Waals surface area contributed by atoms with Crippen molar-refractivity contribution in [1.82, 2.24) is 15.2 Å². The van der Waals surface area contributed by atoms with E-state index in [1.165, 1.54) is 11.1 Å². The Kier molecular flexibility index (Phi) is 5.16. The number of hydrogen-bond acceptors (Lipinski definition) is 4. The average molecular weight is 345 g/mol. The molecule has 1 aromatic heterocycles. The molecule has 128 valence electrons. The molecular formula is C18H23N3O2S. The van der Waals surface area contributed by atoms with Gasteiger partial charge in [-0.15, -0.1) is 11.3 Å². The number of aryl methyl sites for hydroxylation is 2. The lowest BCUT2D eigenvalue weighted by Gasteiger charge is -2.30. The van der Waals surface area contributed by atoms with E-state index in [9.17, 15) is 9.90 Å². The second-order valence-electron chi connectivity index (χ2n) is 6.17. The standard InChI is InChI=1S/C18H23N3O2S/c1-12-11-24-17(19-12)13(2)20-18(23)21(9-10-22)16-8-7-14-5-3-4-6-15(14)16/h3-6,11,13,16,22H,7-10H2,1-2H3,(H,20,23)/t13-,16+/m0/s1. The number of hydrogen-bond donors (Lipinski definition) is 2. The zero-order chi connectivity index (χ0) is 17.1. The number of aromatic nitrogens is 1. The maximum Gasteiger partial charge on any atom is 0.318 e. The summed E-state index contributed by atoms with van der Waals surface area (Å²) in [6.07, 6.45) is 1.87. The van der Waals surface area contributed by atoms with E-state index in [4.69, 9.17) is 0 Å². The molecule has 0 saturated carbocycles. The highest BCUT2D eigenvalue weighted by Gasteiger charge is 2.31. The SMILES string of the molecule is Cc1csc([C@H](C)NC(=O)N(CCO)[C@@H]2CCc3ccccc32)n1. The summed E-state index contributed by atoms with van der Waals surface area (Å²) in [4.78, 5) is 19.0. The maximum atomic E-state index is 12.8. The van der Waals surface area contributed by atoms with E-state index in [1.54, 1.807) is 16.2 Å². The number of aliphatic hydroxyl groups excluding tert-OH is 1. The normalized spacial score (nSPS) is 17.4. The van der Waals surface area contributed by atoms with Gasteiger partial charge in [0.25, 0.3) is 0 Å². The Balaban J connectivity index is 1.75. The molecule has 0 saturated heterocycles. The van der Waals surface area contributed by atoms with Gasteiger partial charge in [0.1, 0.15) is 5.01 Å². The zero-order valence-electron chi connectivity index (χ0n) is 14.0. The van der Waals surface area contributed by atoms with Crippen LogP contribution in [0.25, 0.3) is 0 Å². The molecule has 0 fully saturated rings. The highest BCUT2D eigenvalue weighted by atomic mass is 32.1. The van der Waals surface area contributed by atoms with Crippen molar-refractivity contribution >= 4 is 17.4 Å². The molecule has 1 aliphatic rings. The maximum absolute atomic E-state index is 12.8. The van der Waals surface area contributed by atoms with Crippen molar-refractivity contribution < 1.29 is 9.90 Å².